The molecular weight excluding hydrogens is 243 g/mol. The van der Waals surface area contributed by atoms with Gasteiger partial charge in [0.2, 0.25) is 0 Å². The van der Waals surface area contributed by atoms with Crippen LogP contribution in [0.3, 0.4) is 0 Å². The number of para-hydroxylation sites is 1. The number of aldehydes is 1. The minimum atomic E-state index is -4.56. The van der Waals surface area contributed by atoms with Gasteiger partial charge in [-0.3, -0.25) is 9.59 Å². The highest BCUT2D eigenvalue weighted by Crippen LogP contribution is 2.43. The van der Waals surface area contributed by atoms with E-state index < -0.39 is 13.1 Å². The van der Waals surface area contributed by atoms with Crippen molar-refractivity contribution in [3.8, 4) is 5.75 Å². The Kier molecular flexibility index (Phi) is 4.61. The van der Waals surface area contributed by atoms with Gasteiger partial charge in [0, 0.05) is 0 Å². The maximum atomic E-state index is 11.4. The Balaban J connectivity index is 2.98. The summed E-state index contributed by atoms with van der Waals surface area (Å²) in [4.78, 5) is 30.4. The van der Waals surface area contributed by atoms with Crippen LogP contribution in [0.1, 0.15) is 18.9 Å². The topological polar surface area (TPSA) is 80.7 Å². The summed E-state index contributed by atoms with van der Waals surface area (Å²) in [6, 6.07) is 6.62. The van der Waals surface area contributed by atoms with Gasteiger partial charge in [-0.1, -0.05) is 31.5 Å². The van der Waals surface area contributed by atoms with Crippen LogP contribution in [0.25, 0.3) is 0 Å². The van der Waals surface area contributed by atoms with Gasteiger partial charge in [-0.2, -0.15) is 0 Å². The summed E-state index contributed by atoms with van der Waals surface area (Å²) in [6.45, 7) is 1.95. The second-order valence-corrected chi connectivity index (χ2v) is 5.09. The van der Waals surface area contributed by atoms with Gasteiger partial charge in [-0.15, -0.1) is 0 Å². The third-order valence-electron chi connectivity index (χ3n) is 2.09. The lowest BCUT2D eigenvalue weighted by molar-refractivity contribution is -0.125. The lowest BCUT2D eigenvalue weighted by Gasteiger charge is -2.12. The van der Waals surface area contributed by atoms with E-state index in [1.165, 1.54) is 6.07 Å². The first-order valence-electron chi connectivity index (χ1n) is 5.11. The minimum absolute atomic E-state index is 0.162. The van der Waals surface area contributed by atoms with Crippen LogP contribution < -0.4 is 4.52 Å². The van der Waals surface area contributed by atoms with Gasteiger partial charge in [0.15, 0.2) is 6.29 Å². The van der Waals surface area contributed by atoms with Crippen LogP contribution in [-0.4, -0.2) is 16.7 Å². The molecule has 1 atom stereocenters. The second kappa shape index (κ2) is 5.75. The first-order valence-corrected chi connectivity index (χ1v) is 6.69. The Morgan fingerprint density at radius 1 is 1.47 bits per heavy atom. The van der Waals surface area contributed by atoms with Crippen molar-refractivity contribution in [2.75, 3.05) is 0 Å². The highest BCUT2D eigenvalue weighted by molar-refractivity contribution is 7.73. The molecule has 1 rings (SSSR count). The summed E-state index contributed by atoms with van der Waals surface area (Å²) in [7, 11) is -4.56. The van der Waals surface area contributed by atoms with Crippen LogP contribution in [0.4, 0.5) is 0 Å². The molecular formula is C11H13O5P. The fourth-order valence-electron chi connectivity index (χ4n) is 1.31. The molecule has 0 saturated carbocycles. The summed E-state index contributed by atoms with van der Waals surface area (Å²) in [5, 5.41) is 0. The molecule has 1 unspecified atom stereocenters. The minimum Gasteiger partial charge on any atom is -0.419 e. The first kappa shape index (κ1) is 13.6. The third kappa shape index (κ3) is 3.51. The molecule has 0 saturated heterocycles. The van der Waals surface area contributed by atoms with Crippen LogP contribution in [0, 0.1) is 0 Å². The van der Waals surface area contributed by atoms with Crippen molar-refractivity contribution in [1.82, 2.24) is 0 Å². The van der Waals surface area contributed by atoms with Crippen LogP contribution in [0.5, 0.6) is 5.75 Å². The van der Waals surface area contributed by atoms with Crippen molar-refractivity contribution in [2.24, 2.45) is 0 Å². The second-order valence-electron chi connectivity index (χ2n) is 3.43. The standard InChI is InChI=1S/C11H13O5P/c1-2-5-9-6-3-4-7-10(9)16-17(14,15)11(13)8-12/h3-4,6-8H,2,5H2,1H3,(H,14,15). The van der Waals surface area contributed by atoms with Crippen LogP contribution in [0.15, 0.2) is 24.3 Å². The molecule has 0 radical (unpaired) electrons. The van der Waals surface area contributed by atoms with E-state index in [0.29, 0.717) is 6.42 Å². The molecule has 0 heterocycles. The predicted octanol–water partition coefficient (Wildman–Crippen LogP) is 1.93. The molecule has 0 fully saturated rings. The molecule has 1 aromatic carbocycles. The molecule has 5 nitrogen and oxygen atoms in total. The van der Waals surface area contributed by atoms with E-state index in [4.69, 9.17) is 4.52 Å². The number of rotatable bonds is 6. The molecule has 0 spiro atoms. The number of carbonyl (C=O) groups is 2. The van der Waals surface area contributed by atoms with Crippen molar-refractivity contribution in [3.63, 3.8) is 0 Å². The maximum absolute atomic E-state index is 11.4. The molecule has 6 heteroatoms. The normalized spacial score (nSPS) is 13.8. The fraction of sp³-hybridized carbons (Fsp3) is 0.273. The van der Waals surface area contributed by atoms with E-state index >= 15 is 0 Å². The zero-order chi connectivity index (χ0) is 12.9. The van der Waals surface area contributed by atoms with Gasteiger partial charge in [0.25, 0.3) is 0 Å². The Hall–Kier alpha value is -1.45. The van der Waals surface area contributed by atoms with Gasteiger partial charge in [-0.25, -0.2) is 4.57 Å². The van der Waals surface area contributed by atoms with E-state index in [1.807, 2.05) is 6.92 Å². The van der Waals surface area contributed by atoms with E-state index in [1.54, 1.807) is 18.2 Å². The van der Waals surface area contributed by atoms with E-state index in [2.05, 4.69) is 0 Å². The molecule has 1 aromatic rings. The molecule has 1 N–H and O–H groups in total. The molecule has 0 aromatic heterocycles. The Labute approximate surface area is 98.9 Å². The molecule has 92 valence electrons. The number of hydrogen-bond donors (Lipinski definition) is 1. The highest BCUT2D eigenvalue weighted by Gasteiger charge is 2.32. The summed E-state index contributed by atoms with van der Waals surface area (Å²) in [5.74, 6) is 0.162. The molecule has 0 bridgehead atoms. The largest absolute Gasteiger partial charge is 0.451 e. The van der Waals surface area contributed by atoms with Crippen molar-refractivity contribution in [3.05, 3.63) is 29.8 Å². The number of hydrogen-bond acceptors (Lipinski definition) is 4. The van der Waals surface area contributed by atoms with Crippen LogP contribution >= 0.6 is 7.60 Å². The Bertz CT molecular complexity index is 469. The summed E-state index contributed by atoms with van der Waals surface area (Å²) < 4.78 is 16.2. The Morgan fingerprint density at radius 2 is 2.12 bits per heavy atom. The van der Waals surface area contributed by atoms with Crippen LogP contribution in [0.2, 0.25) is 0 Å². The lowest BCUT2D eigenvalue weighted by Crippen LogP contribution is -2.07. The van der Waals surface area contributed by atoms with E-state index in [-0.39, 0.29) is 12.0 Å². The van der Waals surface area contributed by atoms with Crippen molar-refractivity contribution < 1.29 is 23.6 Å². The molecule has 0 aliphatic rings. The van der Waals surface area contributed by atoms with E-state index in [0.717, 1.165) is 12.0 Å². The van der Waals surface area contributed by atoms with Crippen molar-refractivity contribution >= 4 is 19.4 Å². The zero-order valence-corrected chi connectivity index (χ0v) is 10.2. The number of benzene rings is 1. The maximum Gasteiger partial charge on any atom is 0.451 e. The van der Waals surface area contributed by atoms with Gasteiger partial charge in [0.1, 0.15) is 5.75 Å². The van der Waals surface area contributed by atoms with Crippen LogP contribution in [-0.2, 0) is 20.6 Å². The molecule has 17 heavy (non-hydrogen) atoms. The molecule has 0 aliphatic carbocycles. The van der Waals surface area contributed by atoms with Crippen molar-refractivity contribution in [1.29, 1.82) is 0 Å². The summed E-state index contributed by atoms with van der Waals surface area (Å²) in [5.41, 5.74) is -0.716. The van der Waals surface area contributed by atoms with Crippen molar-refractivity contribution in [2.45, 2.75) is 19.8 Å². The summed E-state index contributed by atoms with van der Waals surface area (Å²) in [6.07, 6.45) is 1.28. The smallest absolute Gasteiger partial charge is 0.419 e. The van der Waals surface area contributed by atoms with E-state index in [9.17, 15) is 19.0 Å². The lowest BCUT2D eigenvalue weighted by atomic mass is 10.1. The third-order valence-corrected chi connectivity index (χ3v) is 3.20. The Morgan fingerprint density at radius 3 is 2.71 bits per heavy atom. The van der Waals surface area contributed by atoms with Gasteiger partial charge >= 0.3 is 13.1 Å². The van der Waals surface area contributed by atoms with Gasteiger partial charge < -0.3 is 9.42 Å². The quantitative estimate of drug-likeness (QED) is 0.478. The monoisotopic (exact) mass is 256 g/mol. The number of carbonyl (C=O) groups excluding carboxylic acids is 2. The SMILES string of the molecule is CCCc1ccccc1OP(=O)(O)C(=O)C=O. The first-order chi connectivity index (χ1) is 8.01. The predicted molar refractivity (Wildman–Crippen MR) is 62.0 cm³/mol. The average Bonchev–Trinajstić information content (AvgIpc) is 2.30. The highest BCUT2D eigenvalue weighted by atomic mass is 31.2. The van der Waals surface area contributed by atoms with Gasteiger partial charge in [0.05, 0.1) is 0 Å². The molecule has 0 aliphatic heterocycles. The summed E-state index contributed by atoms with van der Waals surface area (Å²) >= 11 is 0. The number of aryl methyl sites for hydroxylation is 1. The zero-order valence-electron chi connectivity index (χ0n) is 9.33. The fourth-order valence-corrected chi connectivity index (χ4v) is 1.98. The molecule has 0 amide bonds. The van der Waals surface area contributed by atoms with Gasteiger partial charge in [-0.05, 0) is 18.1 Å². The average molecular weight is 256 g/mol.